The van der Waals surface area contributed by atoms with E-state index in [9.17, 15) is 5.11 Å². The van der Waals surface area contributed by atoms with Gasteiger partial charge in [-0.05, 0) is 18.3 Å². The van der Waals surface area contributed by atoms with Crippen LogP contribution in [-0.2, 0) is 0 Å². The molecular formula is C9H20O. The Hall–Kier alpha value is -0.0400. The van der Waals surface area contributed by atoms with Gasteiger partial charge in [-0.15, -0.1) is 0 Å². The van der Waals surface area contributed by atoms with Gasteiger partial charge in [0, 0.05) is 0 Å². The number of aliphatic hydroxyl groups is 1. The van der Waals surface area contributed by atoms with Gasteiger partial charge < -0.3 is 5.11 Å². The van der Waals surface area contributed by atoms with Gasteiger partial charge in [-0.2, -0.15) is 0 Å². The van der Waals surface area contributed by atoms with Crippen molar-refractivity contribution in [1.29, 1.82) is 0 Å². The van der Waals surface area contributed by atoms with Crippen LogP contribution >= 0.6 is 0 Å². The Kier molecular flexibility index (Phi) is 4.71. The van der Waals surface area contributed by atoms with E-state index in [1.807, 2.05) is 6.92 Å². The highest BCUT2D eigenvalue weighted by Gasteiger charge is 2.16. The van der Waals surface area contributed by atoms with Crippen molar-refractivity contribution < 1.29 is 5.11 Å². The fraction of sp³-hybridized carbons (Fsp3) is 1.00. The molecule has 0 radical (unpaired) electrons. The highest BCUT2D eigenvalue weighted by atomic mass is 16.3. The topological polar surface area (TPSA) is 20.2 Å². The molecule has 0 aromatic heterocycles. The number of aliphatic hydroxyl groups excluding tert-OH is 1. The number of rotatable bonds is 4. The lowest BCUT2D eigenvalue weighted by Crippen LogP contribution is -2.22. The molecule has 0 aliphatic heterocycles. The minimum absolute atomic E-state index is 0.102. The molecule has 3 atom stereocenters. The van der Waals surface area contributed by atoms with Crippen molar-refractivity contribution in [1.82, 2.24) is 0 Å². The first-order chi connectivity index (χ1) is 4.63. The smallest absolute Gasteiger partial charge is 0.0565 e. The first-order valence-electron chi connectivity index (χ1n) is 4.31. The van der Waals surface area contributed by atoms with E-state index in [0.717, 1.165) is 12.8 Å². The summed E-state index contributed by atoms with van der Waals surface area (Å²) in [7, 11) is 0. The van der Waals surface area contributed by atoms with Crippen LogP contribution in [0.3, 0.4) is 0 Å². The first-order valence-corrected chi connectivity index (χ1v) is 4.31. The number of hydrogen-bond donors (Lipinski definition) is 1. The van der Waals surface area contributed by atoms with E-state index in [1.165, 1.54) is 0 Å². The maximum atomic E-state index is 9.43. The lowest BCUT2D eigenvalue weighted by atomic mass is 9.88. The molecule has 0 fully saturated rings. The molecule has 10 heavy (non-hydrogen) atoms. The highest BCUT2D eigenvalue weighted by Crippen LogP contribution is 2.19. The van der Waals surface area contributed by atoms with E-state index in [0.29, 0.717) is 11.8 Å². The number of hydrogen-bond acceptors (Lipinski definition) is 1. The van der Waals surface area contributed by atoms with Crippen LogP contribution in [0.15, 0.2) is 0 Å². The molecular weight excluding hydrogens is 124 g/mol. The predicted octanol–water partition coefficient (Wildman–Crippen LogP) is 2.44. The second kappa shape index (κ2) is 4.73. The molecule has 0 aliphatic rings. The summed E-state index contributed by atoms with van der Waals surface area (Å²) in [6.45, 7) is 8.53. The van der Waals surface area contributed by atoms with E-state index in [-0.39, 0.29) is 6.10 Å². The molecule has 0 saturated heterocycles. The Balaban J connectivity index is 3.69. The summed E-state index contributed by atoms with van der Waals surface area (Å²) < 4.78 is 0. The molecule has 0 spiro atoms. The van der Waals surface area contributed by atoms with Crippen LogP contribution in [0, 0.1) is 11.8 Å². The largest absolute Gasteiger partial charge is 0.393 e. The van der Waals surface area contributed by atoms with Crippen molar-refractivity contribution in [2.45, 2.75) is 46.6 Å². The maximum Gasteiger partial charge on any atom is 0.0565 e. The monoisotopic (exact) mass is 144 g/mol. The Morgan fingerprint density at radius 1 is 1.10 bits per heavy atom. The zero-order valence-electron chi connectivity index (χ0n) is 7.59. The van der Waals surface area contributed by atoms with E-state index < -0.39 is 0 Å². The summed E-state index contributed by atoms with van der Waals surface area (Å²) in [4.78, 5) is 0. The van der Waals surface area contributed by atoms with Gasteiger partial charge in [-0.1, -0.05) is 34.1 Å². The van der Waals surface area contributed by atoms with E-state index in [2.05, 4.69) is 20.8 Å². The average Bonchev–Trinajstić information content (AvgIpc) is 2.00. The zero-order chi connectivity index (χ0) is 8.15. The standard InChI is InChI=1S/C9H20O/c1-5-7(3)8(4)9(10)6-2/h7-10H,5-6H2,1-4H3/t7-,8+,9-/m0/s1. The fourth-order valence-corrected chi connectivity index (χ4v) is 1.12. The molecule has 1 nitrogen and oxygen atoms in total. The average molecular weight is 144 g/mol. The van der Waals surface area contributed by atoms with Crippen LogP contribution in [0.1, 0.15) is 40.5 Å². The molecule has 0 heterocycles. The highest BCUT2D eigenvalue weighted by molar-refractivity contribution is 4.67. The van der Waals surface area contributed by atoms with Gasteiger partial charge >= 0.3 is 0 Å². The molecule has 0 aromatic rings. The SMILES string of the molecule is CC[C@H](C)[C@@H](C)[C@@H](O)CC. The molecule has 0 rings (SSSR count). The molecule has 1 heteroatoms. The Bertz CT molecular complexity index is 70.8. The van der Waals surface area contributed by atoms with Gasteiger partial charge in [0.05, 0.1) is 6.10 Å². The third-order valence-corrected chi connectivity index (χ3v) is 2.57. The van der Waals surface area contributed by atoms with Crippen LogP contribution in [0.5, 0.6) is 0 Å². The van der Waals surface area contributed by atoms with Gasteiger partial charge in [0.25, 0.3) is 0 Å². The van der Waals surface area contributed by atoms with Crippen LogP contribution in [0.25, 0.3) is 0 Å². The first kappa shape index (κ1) is 9.96. The van der Waals surface area contributed by atoms with Crippen molar-refractivity contribution in [3.8, 4) is 0 Å². The van der Waals surface area contributed by atoms with Crippen molar-refractivity contribution in [2.75, 3.05) is 0 Å². The second-order valence-electron chi connectivity index (χ2n) is 3.22. The lowest BCUT2D eigenvalue weighted by molar-refractivity contribution is 0.0827. The van der Waals surface area contributed by atoms with Crippen LogP contribution in [0.4, 0.5) is 0 Å². The third-order valence-electron chi connectivity index (χ3n) is 2.57. The van der Waals surface area contributed by atoms with Gasteiger partial charge in [-0.3, -0.25) is 0 Å². The van der Waals surface area contributed by atoms with Crippen LogP contribution < -0.4 is 0 Å². The molecule has 0 aromatic carbocycles. The lowest BCUT2D eigenvalue weighted by Gasteiger charge is -2.22. The minimum atomic E-state index is -0.102. The minimum Gasteiger partial charge on any atom is -0.393 e. The van der Waals surface area contributed by atoms with Crippen molar-refractivity contribution in [2.24, 2.45) is 11.8 Å². The fourth-order valence-electron chi connectivity index (χ4n) is 1.12. The van der Waals surface area contributed by atoms with Gasteiger partial charge in [-0.25, -0.2) is 0 Å². The maximum absolute atomic E-state index is 9.43. The van der Waals surface area contributed by atoms with Gasteiger partial charge in [0.15, 0.2) is 0 Å². The van der Waals surface area contributed by atoms with Gasteiger partial charge in [0.1, 0.15) is 0 Å². The van der Waals surface area contributed by atoms with Gasteiger partial charge in [0.2, 0.25) is 0 Å². The summed E-state index contributed by atoms with van der Waals surface area (Å²) in [5.74, 6) is 1.10. The van der Waals surface area contributed by atoms with Crippen LogP contribution in [-0.4, -0.2) is 11.2 Å². The molecule has 0 amide bonds. The summed E-state index contributed by atoms with van der Waals surface area (Å²) in [5.41, 5.74) is 0. The molecule has 62 valence electrons. The summed E-state index contributed by atoms with van der Waals surface area (Å²) in [5, 5.41) is 9.43. The van der Waals surface area contributed by atoms with E-state index >= 15 is 0 Å². The molecule has 0 unspecified atom stereocenters. The summed E-state index contributed by atoms with van der Waals surface area (Å²) >= 11 is 0. The Morgan fingerprint density at radius 3 is 1.90 bits per heavy atom. The van der Waals surface area contributed by atoms with E-state index in [1.54, 1.807) is 0 Å². The normalized spacial score (nSPS) is 20.1. The van der Waals surface area contributed by atoms with Crippen molar-refractivity contribution >= 4 is 0 Å². The van der Waals surface area contributed by atoms with E-state index in [4.69, 9.17) is 0 Å². The molecule has 1 N–H and O–H groups in total. The third kappa shape index (κ3) is 2.70. The summed E-state index contributed by atoms with van der Waals surface area (Å²) in [6, 6.07) is 0. The Labute approximate surface area is 64.5 Å². The second-order valence-corrected chi connectivity index (χ2v) is 3.22. The Morgan fingerprint density at radius 2 is 1.60 bits per heavy atom. The van der Waals surface area contributed by atoms with Crippen LogP contribution in [0.2, 0.25) is 0 Å². The quantitative estimate of drug-likeness (QED) is 0.642. The summed E-state index contributed by atoms with van der Waals surface area (Å²) in [6.07, 6.45) is 1.94. The molecule has 0 saturated carbocycles. The molecule has 0 bridgehead atoms. The predicted molar refractivity (Wildman–Crippen MR) is 44.9 cm³/mol. The van der Waals surface area contributed by atoms with Crippen molar-refractivity contribution in [3.05, 3.63) is 0 Å². The van der Waals surface area contributed by atoms with Crippen molar-refractivity contribution in [3.63, 3.8) is 0 Å². The zero-order valence-corrected chi connectivity index (χ0v) is 7.59. The molecule has 0 aliphatic carbocycles.